The van der Waals surface area contributed by atoms with Crippen molar-refractivity contribution >= 4 is 5.91 Å². The number of nitrogens with zero attached hydrogens (tertiary/aromatic N) is 2. The maximum absolute atomic E-state index is 12.3. The molecule has 0 aromatic carbocycles. The molecule has 4 nitrogen and oxygen atoms in total. The molecule has 2 rings (SSSR count). The molecule has 1 atom stereocenters. The van der Waals surface area contributed by atoms with Crippen LogP contribution in [0.25, 0.3) is 0 Å². The largest absolute Gasteiger partial charge is 0.343 e. The van der Waals surface area contributed by atoms with Crippen LogP contribution in [0.5, 0.6) is 0 Å². The Labute approximate surface area is 123 Å². The van der Waals surface area contributed by atoms with E-state index < -0.39 is 0 Å². The summed E-state index contributed by atoms with van der Waals surface area (Å²) < 4.78 is 0. The van der Waals surface area contributed by atoms with E-state index in [0.717, 1.165) is 39.0 Å². The number of nitrogens with two attached hydrogens (primary N) is 1. The minimum atomic E-state index is 0.233. The van der Waals surface area contributed by atoms with Gasteiger partial charge >= 0.3 is 0 Å². The molecule has 2 aliphatic rings. The fourth-order valence-corrected chi connectivity index (χ4v) is 3.47. The molecule has 0 bridgehead atoms. The number of hydrogen-bond donors (Lipinski definition) is 1. The summed E-state index contributed by atoms with van der Waals surface area (Å²) in [5.41, 5.74) is 6.39. The average molecular weight is 281 g/mol. The van der Waals surface area contributed by atoms with Gasteiger partial charge in [-0.25, -0.2) is 0 Å². The molecule has 1 amide bonds. The van der Waals surface area contributed by atoms with E-state index in [4.69, 9.17) is 5.73 Å². The zero-order valence-electron chi connectivity index (χ0n) is 13.2. The third kappa shape index (κ3) is 4.19. The summed E-state index contributed by atoms with van der Waals surface area (Å²) in [5, 5.41) is 0. The summed E-state index contributed by atoms with van der Waals surface area (Å²) >= 11 is 0. The fraction of sp³-hybridized carbons (Fsp3) is 0.938. The number of hydrogen-bond acceptors (Lipinski definition) is 3. The second kappa shape index (κ2) is 6.90. The summed E-state index contributed by atoms with van der Waals surface area (Å²) in [6.45, 7) is 9.37. The van der Waals surface area contributed by atoms with Crippen molar-refractivity contribution in [1.82, 2.24) is 9.80 Å². The lowest BCUT2D eigenvalue weighted by Gasteiger charge is -2.31. The first-order valence-electron chi connectivity index (χ1n) is 8.24. The van der Waals surface area contributed by atoms with Crippen molar-refractivity contribution in [3.8, 4) is 0 Å². The standard InChI is InChI=1S/C16H31N3O/c1-16(2)6-5-10-18(11-7-16)14(13-17)12-15(20)19-8-3-4-9-19/h14H,3-13,17H2,1-2H3. The zero-order chi connectivity index (χ0) is 14.6. The second-order valence-electron chi connectivity index (χ2n) is 7.24. The van der Waals surface area contributed by atoms with Crippen LogP contribution in [0.1, 0.15) is 52.4 Å². The van der Waals surface area contributed by atoms with Crippen LogP contribution in [0.4, 0.5) is 0 Å². The summed E-state index contributed by atoms with van der Waals surface area (Å²) in [6, 6.07) is 0.233. The van der Waals surface area contributed by atoms with E-state index in [9.17, 15) is 4.79 Å². The van der Waals surface area contributed by atoms with Gasteiger partial charge in [0, 0.05) is 32.1 Å². The van der Waals surface area contributed by atoms with Crippen LogP contribution in [0, 0.1) is 5.41 Å². The lowest BCUT2D eigenvalue weighted by molar-refractivity contribution is -0.131. The van der Waals surface area contributed by atoms with Gasteiger partial charge in [-0.05, 0) is 50.6 Å². The van der Waals surface area contributed by atoms with Gasteiger partial charge < -0.3 is 10.6 Å². The van der Waals surface area contributed by atoms with Gasteiger partial charge in [0.15, 0.2) is 0 Å². The summed E-state index contributed by atoms with van der Waals surface area (Å²) in [6.07, 6.45) is 6.65. The van der Waals surface area contributed by atoms with Crippen LogP contribution in [-0.4, -0.2) is 54.5 Å². The highest BCUT2D eigenvalue weighted by Gasteiger charge is 2.29. The molecule has 2 aliphatic heterocycles. The van der Waals surface area contributed by atoms with Crippen molar-refractivity contribution < 1.29 is 4.79 Å². The van der Waals surface area contributed by atoms with Gasteiger partial charge in [0.25, 0.3) is 0 Å². The van der Waals surface area contributed by atoms with Crippen molar-refractivity contribution in [1.29, 1.82) is 0 Å². The number of carbonyl (C=O) groups is 1. The SMILES string of the molecule is CC1(C)CCCN(C(CN)CC(=O)N2CCCC2)CC1. The molecule has 116 valence electrons. The van der Waals surface area contributed by atoms with Gasteiger partial charge in [-0.15, -0.1) is 0 Å². The molecule has 4 heteroatoms. The first-order valence-corrected chi connectivity index (χ1v) is 8.24. The Bertz CT molecular complexity index is 324. The van der Waals surface area contributed by atoms with Gasteiger partial charge in [-0.3, -0.25) is 9.69 Å². The van der Waals surface area contributed by atoms with E-state index in [2.05, 4.69) is 18.7 Å². The molecule has 20 heavy (non-hydrogen) atoms. The quantitative estimate of drug-likeness (QED) is 0.855. The van der Waals surface area contributed by atoms with Crippen LogP contribution in [0.3, 0.4) is 0 Å². The van der Waals surface area contributed by atoms with E-state index in [1.54, 1.807) is 0 Å². The molecule has 2 fully saturated rings. The van der Waals surface area contributed by atoms with Crippen molar-refractivity contribution in [3.05, 3.63) is 0 Å². The van der Waals surface area contributed by atoms with Gasteiger partial charge in [0.05, 0.1) is 0 Å². The van der Waals surface area contributed by atoms with Crippen LogP contribution in [0.2, 0.25) is 0 Å². The van der Waals surface area contributed by atoms with Gasteiger partial charge in [0.2, 0.25) is 5.91 Å². The van der Waals surface area contributed by atoms with Crippen molar-refractivity contribution in [2.45, 2.75) is 58.4 Å². The monoisotopic (exact) mass is 281 g/mol. The fourth-order valence-electron chi connectivity index (χ4n) is 3.47. The molecule has 0 spiro atoms. The molecule has 0 aromatic heterocycles. The highest BCUT2D eigenvalue weighted by molar-refractivity contribution is 5.77. The molecular formula is C16H31N3O. The third-order valence-corrected chi connectivity index (χ3v) is 5.03. The number of carbonyl (C=O) groups excluding carboxylic acids is 1. The Hall–Kier alpha value is -0.610. The molecule has 2 N–H and O–H groups in total. The van der Waals surface area contributed by atoms with E-state index in [1.807, 2.05) is 4.90 Å². The summed E-state index contributed by atoms with van der Waals surface area (Å²) in [4.78, 5) is 16.8. The van der Waals surface area contributed by atoms with Crippen LogP contribution in [-0.2, 0) is 4.79 Å². The smallest absolute Gasteiger partial charge is 0.224 e. The Kier molecular flexibility index (Phi) is 5.44. The normalized spacial score (nSPS) is 25.4. The summed E-state index contributed by atoms with van der Waals surface area (Å²) in [5.74, 6) is 0.307. The number of rotatable bonds is 4. The van der Waals surface area contributed by atoms with Crippen LogP contribution < -0.4 is 5.73 Å². The van der Waals surface area contributed by atoms with Crippen molar-refractivity contribution in [3.63, 3.8) is 0 Å². The second-order valence-corrected chi connectivity index (χ2v) is 7.24. The molecular weight excluding hydrogens is 250 g/mol. The Morgan fingerprint density at radius 1 is 1.10 bits per heavy atom. The molecule has 1 unspecified atom stereocenters. The van der Waals surface area contributed by atoms with Gasteiger partial charge in [0.1, 0.15) is 0 Å². The maximum atomic E-state index is 12.3. The van der Waals surface area contributed by atoms with E-state index in [-0.39, 0.29) is 6.04 Å². The van der Waals surface area contributed by atoms with Crippen molar-refractivity contribution in [2.24, 2.45) is 11.1 Å². The number of amides is 1. The topological polar surface area (TPSA) is 49.6 Å². The highest BCUT2D eigenvalue weighted by atomic mass is 16.2. The van der Waals surface area contributed by atoms with E-state index in [0.29, 0.717) is 24.3 Å². The molecule has 2 saturated heterocycles. The molecule has 0 aromatic rings. The highest BCUT2D eigenvalue weighted by Crippen LogP contribution is 2.30. The minimum Gasteiger partial charge on any atom is -0.343 e. The molecule has 0 aliphatic carbocycles. The van der Waals surface area contributed by atoms with Gasteiger partial charge in [-0.1, -0.05) is 13.8 Å². The third-order valence-electron chi connectivity index (χ3n) is 5.03. The lowest BCUT2D eigenvalue weighted by atomic mass is 9.85. The van der Waals surface area contributed by atoms with E-state index in [1.165, 1.54) is 19.3 Å². The van der Waals surface area contributed by atoms with Crippen molar-refractivity contribution in [2.75, 3.05) is 32.7 Å². The van der Waals surface area contributed by atoms with Crippen LogP contribution >= 0.6 is 0 Å². The molecule has 2 heterocycles. The Balaban J connectivity index is 1.88. The minimum absolute atomic E-state index is 0.233. The lowest BCUT2D eigenvalue weighted by Crippen LogP contribution is -2.45. The summed E-state index contributed by atoms with van der Waals surface area (Å²) in [7, 11) is 0. The maximum Gasteiger partial charge on any atom is 0.224 e. The predicted octanol–water partition coefficient (Wildman–Crippen LogP) is 1.84. The van der Waals surface area contributed by atoms with Crippen LogP contribution in [0.15, 0.2) is 0 Å². The Morgan fingerprint density at radius 3 is 2.45 bits per heavy atom. The number of likely N-dealkylation sites (tertiary alicyclic amines) is 2. The van der Waals surface area contributed by atoms with E-state index >= 15 is 0 Å². The van der Waals surface area contributed by atoms with Gasteiger partial charge in [-0.2, -0.15) is 0 Å². The zero-order valence-corrected chi connectivity index (χ0v) is 13.2. The molecule has 0 saturated carbocycles. The molecule has 0 radical (unpaired) electrons. The first kappa shape index (κ1) is 15.8. The first-order chi connectivity index (χ1) is 9.52. The average Bonchev–Trinajstić information content (AvgIpc) is 2.88. The predicted molar refractivity (Wildman–Crippen MR) is 82.5 cm³/mol. The Morgan fingerprint density at radius 2 is 1.80 bits per heavy atom.